The van der Waals surface area contributed by atoms with E-state index in [9.17, 15) is 0 Å². The van der Waals surface area contributed by atoms with Crippen molar-refractivity contribution in [2.75, 3.05) is 10.6 Å². The Morgan fingerprint density at radius 1 is 0.909 bits per heavy atom. The minimum Gasteiger partial charge on any atom is -0.332 e. The average molecular weight is 312 g/mol. The van der Waals surface area contributed by atoms with Crippen LogP contribution in [0.5, 0.6) is 0 Å². The Hall–Kier alpha value is -1.87. The van der Waals surface area contributed by atoms with Gasteiger partial charge >= 0.3 is 0 Å². The van der Waals surface area contributed by atoms with Crippen molar-refractivity contribution >= 4 is 28.7 Å². The van der Waals surface area contributed by atoms with E-state index in [1.807, 2.05) is 6.07 Å². The van der Waals surface area contributed by atoms with Crippen molar-refractivity contribution in [2.45, 2.75) is 40.0 Å². The third-order valence-electron chi connectivity index (χ3n) is 3.61. The first-order chi connectivity index (χ1) is 10.3. The zero-order valence-electron chi connectivity index (χ0n) is 13.9. The van der Waals surface area contributed by atoms with E-state index in [-0.39, 0.29) is 5.41 Å². The van der Waals surface area contributed by atoms with Gasteiger partial charge in [-0.15, -0.1) is 0 Å². The normalized spacial score (nSPS) is 11.1. The third kappa shape index (κ3) is 4.08. The highest BCUT2D eigenvalue weighted by molar-refractivity contribution is 7.80. The van der Waals surface area contributed by atoms with Crippen molar-refractivity contribution < 1.29 is 0 Å². The van der Waals surface area contributed by atoms with Gasteiger partial charge in [-0.05, 0) is 54.7 Å². The molecule has 0 unspecified atom stereocenters. The van der Waals surface area contributed by atoms with Crippen molar-refractivity contribution in [3.8, 4) is 0 Å². The first kappa shape index (κ1) is 16.5. The van der Waals surface area contributed by atoms with E-state index < -0.39 is 0 Å². The summed E-state index contributed by atoms with van der Waals surface area (Å²) in [7, 11) is 0. The molecule has 2 aromatic rings. The zero-order valence-corrected chi connectivity index (χ0v) is 14.8. The van der Waals surface area contributed by atoms with Gasteiger partial charge in [0.25, 0.3) is 0 Å². The molecule has 0 saturated heterocycles. The van der Waals surface area contributed by atoms with Gasteiger partial charge in [0, 0.05) is 11.4 Å². The van der Waals surface area contributed by atoms with E-state index in [1.165, 1.54) is 16.7 Å². The van der Waals surface area contributed by atoms with Crippen LogP contribution in [0.2, 0.25) is 0 Å². The second-order valence-corrected chi connectivity index (χ2v) is 7.10. The fourth-order valence-corrected chi connectivity index (χ4v) is 2.70. The lowest BCUT2D eigenvalue weighted by Gasteiger charge is -2.24. The van der Waals surface area contributed by atoms with E-state index in [4.69, 9.17) is 12.2 Å². The molecule has 0 aliphatic rings. The lowest BCUT2D eigenvalue weighted by molar-refractivity contribution is 0.592. The Morgan fingerprint density at radius 3 is 2.18 bits per heavy atom. The maximum atomic E-state index is 5.47. The minimum atomic E-state index is 0.0684. The molecule has 0 aromatic heterocycles. The Balaban J connectivity index is 2.16. The van der Waals surface area contributed by atoms with Gasteiger partial charge in [0.15, 0.2) is 5.11 Å². The molecule has 2 aromatic carbocycles. The molecular formula is C19H24N2S. The van der Waals surface area contributed by atoms with Crippen LogP contribution in [0, 0.1) is 13.8 Å². The Bertz CT molecular complexity index is 684. The van der Waals surface area contributed by atoms with Crippen LogP contribution in [0.3, 0.4) is 0 Å². The van der Waals surface area contributed by atoms with Crippen molar-refractivity contribution in [2.24, 2.45) is 0 Å². The maximum absolute atomic E-state index is 5.47. The number of hydrogen-bond acceptors (Lipinski definition) is 1. The van der Waals surface area contributed by atoms with E-state index >= 15 is 0 Å². The lowest BCUT2D eigenvalue weighted by atomic mass is 9.86. The van der Waals surface area contributed by atoms with Gasteiger partial charge in [0.1, 0.15) is 0 Å². The maximum Gasteiger partial charge on any atom is 0.175 e. The summed E-state index contributed by atoms with van der Waals surface area (Å²) >= 11 is 5.47. The molecule has 2 N–H and O–H groups in total. The fraction of sp³-hybridized carbons (Fsp3) is 0.316. The van der Waals surface area contributed by atoms with Crippen molar-refractivity contribution in [1.29, 1.82) is 0 Å². The number of aryl methyl sites for hydroxylation is 2. The van der Waals surface area contributed by atoms with E-state index in [1.54, 1.807) is 0 Å². The summed E-state index contributed by atoms with van der Waals surface area (Å²) < 4.78 is 0. The van der Waals surface area contributed by atoms with Gasteiger partial charge in [-0.2, -0.15) is 0 Å². The number of benzene rings is 2. The van der Waals surface area contributed by atoms with Crippen LogP contribution in [-0.2, 0) is 5.41 Å². The first-order valence-corrected chi connectivity index (χ1v) is 7.93. The molecule has 2 rings (SSSR count). The summed E-state index contributed by atoms with van der Waals surface area (Å²) in [5.41, 5.74) is 5.85. The van der Waals surface area contributed by atoms with Crippen molar-refractivity contribution in [3.63, 3.8) is 0 Å². The minimum absolute atomic E-state index is 0.0684. The molecule has 0 saturated carbocycles. The molecule has 0 radical (unpaired) electrons. The fourth-order valence-electron chi connectivity index (χ4n) is 2.48. The van der Waals surface area contributed by atoms with E-state index in [2.05, 4.69) is 81.7 Å². The summed E-state index contributed by atoms with van der Waals surface area (Å²) in [6.45, 7) is 10.8. The molecule has 0 heterocycles. The van der Waals surface area contributed by atoms with Crippen LogP contribution in [0.25, 0.3) is 0 Å². The predicted molar refractivity (Wildman–Crippen MR) is 101 cm³/mol. The van der Waals surface area contributed by atoms with Gasteiger partial charge in [0.05, 0.1) is 0 Å². The molecule has 0 aliphatic heterocycles. The molecule has 22 heavy (non-hydrogen) atoms. The lowest BCUT2D eigenvalue weighted by Crippen LogP contribution is -2.23. The molecule has 0 spiro atoms. The molecule has 3 heteroatoms. The number of nitrogens with one attached hydrogen (secondary N) is 2. The molecule has 0 aliphatic carbocycles. The van der Waals surface area contributed by atoms with Gasteiger partial charge in [-0.25, -0.2) is 0 Å². The molecule has 0 amide bonds. The van der Waals surface area contributed by atoms with Crippen LogP contribution in [0.1, 0.15) is 37.5 Å². The highest BCUT2D eigenvalue weighted by Gasteiger charge is 2.17. The van der Waals surface area contributed by atoms with E-state index in [0.717, 1.165) is 11.4 Å². The van der Waals surface area contributed by atoms with Crippen LogP contribution >= 0.6 is 12.2 Å². The molecule has 2 nitrogen and oxygen atoms in total. The number of hydrogen-bond donors (Lipinski definition) is 2. The van der Waals surface area contributed by atoms with Gasteiger partial charge in [-0.1, -0.05) is 56.7 Å². The zero-order chi connectivity index (χ0) is 16.3. The van der Waals surface area contributed by atoms with Crippen LogP contribution < -0.4 is 10.6 Å². The smallest absolute Gasteiger partial charge is 0.175 e. The number of thiocarbonyl (C=S) groups is 1. The Morgan fingerprint density at radius 2 is 1.55 bits per heavy atom. The summed E-state index contributed by atoms with van der Waals surface area (Å²) in [6.07, 6.45) is 0. The molecule has 0 fully saturated rings. The quantitative estimate of drug-likeness (QED) is 0.725. The molecule has 0 atom stereocenters. The number of anilines is 2. The monoisotopic (exact) mass is 312 g/mol. The number of rotatable bonds is 2. The topological polar surface area (TPSA) is 24.1 Å². The average Bonchev–Trinajstić information content (AvgIpc) is 2.41. The van der Waals surface area contributed by atoms with Crippen LogP contribution in [0.4, 0.5) is 11.4 Å². The molecule has 0 bridgehead atoms. The highest BCUT2D eigenvalue weighted by Crippen LogP contribution is 2.29. The van der Waals surface area contributed by atoms with Crippen molar-refractivity contribution in [3.05, 3.63) is 59.2 Å². The van der Waals surface area contributed by atoms with Crippen molar-refractivity contribution in [1.82, 2.24) is 0 Å². The Labute approximate surface area is 139 Å². The molecule has 116 valence electrons. The van der Waals surface area contributed by atoms with Gasteiger partial charge < -0.3 is 10.6 Å². The summed E-state index contributed by atoms with van der Waals surface area (Å²) in [5.74, 6) is 0. The second-order valence-electron chi connectivity index (χ2n) is 6.69. The third-order valence-corrected chi connectivity index (χ3v) is 3.82. The van der Waals surface area contributed by atoms with E-state index in [0.29, 0.717) is 5.11 Å². The predicted octanol–water partition coefficient (Wildman–Crippen LogP) is 5.41. The summed E-state index contributed by atoms with van der Waals surface area (Å²) in [4.78, 5) is 0. The van der Waals surface area contributed by atoms with Crippen LogP contribution in [0.15, 0.2) is 42.5 Å². The van der Waals surface area contributed by atoms with Crippen LogP contribution in [-0.4, -0.2) is 5.11 Å². The standard InChI is InChI=1S/C19H24N2S/c1-13-10-11-16(14(2)12-13)20-18(22)21-17-9-7-6-8-15(17)19(3,4)5/h6-12H,1-5H3,(H2,20,21,22). The SMILES string of the molecule is Cc1ccc(NC(=S)Nc2ccccc2C(C)(C)C)c(C)c1. The highest BCUT2D eigenvalue weighted by atomic mass is 32.1. The molecular weight excluding hydrogens is 288 g/mol. The summed E-state index contributed by atoms with van der Waals surface area (Å²) in [5, 5.41) is 7.23. The van der Waals surface area contributed by atoms with Gasteiger partial charge in [0.2, 0.25) is 0 Å². The summed E-state index contributed by atoms with van der Waals surface area (Å²) in [6, 6.07) is 14.6. The largest absolute Gasteiger partial charge is 0.332 e. The van der Waals surface area contributed by atoms with Gasteiger partial charge in [-0.3, -0.25) is 0 Å². The number of para-hydroxylation sites is 1. The first-order valence-electron chi connectivity index (χ1n) is 7.52. The Kier molecular flexibility index (Phi) is 4.87. The second kappa shape index (κ2) is 6.49.